The maximum Gasteiger partial charge on any atom is 0.177 e. The SMILES string of the molecule is Fc1ccc(Cn2c(CC3CCN(Cc4ccccc4)CC3)nc3ncccc32)cc1. The van der Waals surface area contributed by atoms with E-state index in [-0.39, 0.29) is 5.82 Å². The summed E-state index contributed by atoms with van der Waals surface area (Å²) in [5, 5.41) is 0. The smallest absolute Gasteiger partial charge is 0.177 e. The molecule has 2 aromatic carbocycles. The van der Waals surface area contributed by atoms with E-state index in [1.165, 1.54) is 30.5 Å². The van der Waals surface area contributed by atoms with Crippen molar-refractivity contribution in [2.45, 2.75) is 32.4 Å². The summed E-state index contributed by atoms with van der Waals surface area (Å²) in [4.78, 5) is 11.9. The Morgan fingerprint density at radius 3 is 2.35 bits per heavy atom. The number of hydrogen-bond acceptors (Lipinski definition) is 3. The highest BCUT2D eigenvalue weighted by Crippen LogP contribution is 2.25. The third-order valence-corrected chi connectivity index (χ3v) is 6.28. The van der Waals surface area contributed by atoms with E-state index >= 15 is 0 Å². The fourth-order valence-electron chi connectivity index (χ4n) is 4.56. The molecule has 31 heavy (non-hydrogen) atoms. The molecule has 0 atom stereocenters. The summed E-state index contributed by atoms with van der Waals surface area (Å²) >= 11 is 0. The normalized spacial score (nSPS) is 15.5. The van der Waals surface area contributed by atoms with E-state index in [0.717, 1.165) is 48.6 Å². The zero-order chi connectivity index (χ0) is 21.0. The first kappa shape index (κ1) is 19.9. The Morgan fingerprint density at radius 2 is 1.58 bits per heavy atom. The predicted molar refractivity (Wildman–Crippen MR) is 121 cm³/mol. The maximum atomic E-state index is 13.3. The average molecular weight is 415 g/mol. The second kappa shape index (κ2) is 8.98. The van der Waals surface area contributed by atoms with Crippen molar-refractivity contribution < 1.29 is 4.39 Å². The molecule has 1 aliphatic rings. The van der Waals surface area contributed by atoms with Crippen molar-refractivity contribution in [1.82, 2.24) is 19.4 Å². The van der Waals surface area contributed by atoms with Gasteiger partial charge in [-0.2, -0.15) is 0 Å². The van der Waals surface area contributed by atoms with Crippen LogP contribution in [0.4, 0.5) is 4.39 Å². The second-order valence-electron chi connectivity index (χ2n) is 8.50. The van der Waals surface area contributed by atoms with E-state index in [4.69, 9.17) is 4.98 Å². The molecule has 5 heteroatoms. The van der Waals surface area contributed by atoms with E-state index in [2.05, 4.69) is 50.8 Å². The number of hydrogen-bond donors (Lipinski definition) is 0. The van der Waals surface area contributed by atoms with Crippen LogP contribution in [0.1, 0.15) is 29.8 Å². The molecule has 0 unspecified atom stereocenters. The Labute approximate surface area is 182 Å². The molecule has 1 saturated heterocycles. The molecule has 0 aliphatic carbocycles. The Hall–Kier alpha value is -3.05. The molecule has 0 saturated carbocycles. The van der Waals surface area contributed by atoms with Crippen LogP contribution >= 0.6 is 0 Å². The van der Waals surface area contributed by atoms with E-state index in [1.54, 1.807) is 6.20 Å². The van der Waals surface area contributed by atoms with Crippen LogP contribution in [0.3, 0.4) is 0 Å². The number of benzene rings is 2. The van der Waals surface area contributed by atoms with Gasteiger partial charge in [0.2, 0.25) is 0 Å². The average Bonchev–Trinajstić information content (AvgIpc) is 3.14. The highest BCUT2D eigenvalue weighted by Gasteiger charge is 2.22. The first-order chi connectivity index (χ1) is 15.2. The molecule has 4 aromatic rings. The summed E-state index contributed by atoms with van der Waals surface area (Å²) in [6, 6.07) is 21.5. The Kier molecular flexibility index (Phi) is 5.76. The van der Waals surface area contributed by atoms with E-state index in [0.29, 0.717) is 12.5 Å². The molecular weight excluding hydrogens is 387 g/mol. The van der Waals surface area contributed by atoms with Gasteiger partial charge < -0.3 is 4.57 Å². The van der Waals surface area contributed by atoms with Crippen molar-refractivity contribution in [2.75, 3.05) is 13.1 Å². The predicted octanol–water partition coefficient (Wildman–Crippen LogP) is 5.07. The van der Waals surface area contributed by atoms with Gasteiger partial charge in [0.15, 0.2) is 5.65 Å². The van der Waals surface area contributed by atoms with Crippen LogP contribution in [0.5, 0.6) is 0 Å². The highest BCUT2D eigenvalue weighted by atomic mass is 19.1. The fourth-order valence-corrected chi connectivity index (χ4v) is 4.56. The van der Waals surface area contributed by atoms with E-state index < -0.39 is 0 Å². The molecule has 1 aliphatic heterocycles. The minimum atomic E-state index is -0.205. The van der Waals surface area contributed by atoms with Gasteiger partial charge in [0.1, 0.15) is 11.6 Å². The van der Waals surface area contributed by atoms with Gasteiger partial charge in [-0.3, -0.25) is 4.90 Å². The van der Waals surface area contributed by atoms with Crippen LogP contribution in [0.2, 0.25) is 0 Å². The number of halogens is 1. The lowest BCUT2D eigenvalue weighted by Crippen LogP contribution is -2.34. The summed E-state index contributed by atoms with van der Waals surface area (Å²) in [7, 11) is 0. The molecule has 1 fully saturated rings. The summed E-state index contributed by atoms with van der Waals surface area (Å²) in [6.45, 7) is 3.96. The molecule has 5 rings (SSSR count). The van der Waals surface area contributed by atoms with Crippen LogP contribution in [-0.4, -0.2) is 32.5 Å². The lowest BCUT2D eigenvalue weighted by Gasteiger charge is -2.32. The highest BCUT2D eigenvalue weighted by molar-refractivity contribution is 5.71. The van der Waals surface area contributed by atoms with Crippen molar-refractivity contribution in [3.63, 3.8) is 0 Å². The minimum Gasteiger partial charge on any atom is -0.322 e. The van der Waals surface area contributed by atoms with Gasteiger partial charge in [-0.1, -0.05) is 42.5 Å². The molecule has 4 nitrogen and oxygen atoms in total. The molecule has 0 amide bonds. The Bertz CT molecular complexity index is 1130. The number of likely N-dealkylation sites (tertiary alicyclic amines) is 1. The largest absolute Gasteiger partial charge is 0.322 e. The Morgan fingerprint density at radius 1 is 0.839 bits per heavy atom. The minimum absolute atomic E-state index is 0.205. The molecule has 0 bridgehead atoms. The van der Waals surface area contributed by atoms with Gasteiger partial charge in [0.05, 0.1) is 5.52 Å². The number of rotatable bonds is 6. The van der Waals surface area contributed by atoms with E-state index in [1.807, 2.05) is 18.2 Å². The number of fused-ring (bicyclic) bond motifs is 1. The lowest BCUT2D eigenvalue weighted by molar-refractivity contribution is 0.175. The van der Waals surface area contributed by atoms with Gasteiger partial charge in [-0.25, -0.2) is 14.4 Å². The van der Waals surface area contributed by atoms with Gasteiger partial charge in [0, 0.05) is 25.7 Å². The van der Waals surface area contributed by atoms with Crippen molar-refractivity contribution >= 4 is 11.2 Å². The second-order valence-corrected chi connectivity index (χ2v) is 8.50. The van der Waals surface area contributed by atoms with Crippen LogP contribution < -0.4 is 0 Å². The van der Waals surface area contributed by atoms with Crippen molar-refractivity contribution in [1.29, 1.82) is 0 Å². The maximum absolute atomic E-state index is 13.3. The zero-order valence-corrected chi connectivity index (χ0v) is 17.6. The van der Waals surface area contributed by atoms with Crippen LogP contribution in [-0.2, 0) is 19.5 Å². The zero-order valence-electron chi connectivity index (χ0n) is 17.6. The third kappa shape index (κ3) is 4.67. The lowest BCUT2D eigenvalue weighted by atomic mass is 9.93. The molecule has 0 N–H and O–H groups in total. The van der Waals surface area contributed by atoms with Gasteiger partial charge in [-0.05, 0) is 67.2 Å². The first-order valence-corrected chi connectivity index (χ1v) is 11.1. The number of piperidine rings is 1. The van der Waals surface area contributed by atoms with Gasteiger partial charge >= 0.3 is 0 Å². The molecular formula is C26H27FN4. The number of pyridine rings is 1. The number of imidazole rings is 1. The van der Waals surface area contributed by atoms with Crippen LogP contribution in [0, 0.1) is 11.7 Å². The summed E-state index contributed by atoms with van der Waals surface area (Å²) in [5.41, 5.74) is 4.29. The fraction of sp³-hybridized carbons (Fsp3) is 0.308. The quantitative estimate of drug-likeness (QED) is 0.442. The topological polar surface area (TPSA) is 34.0 Å². The number of nitrogens with zero attached hydrogens (tertiary/aromatic N) is 4. The van der Waals surface area contributed by atoms with Gasteiger partial charge in [-0.15, -0.1) is 0 Å². The molecule has 0 spiro atoms. The van der Waals surface area contributed by atoms with Gasteiger partial charge in [0.25, 0.3) is 0 Å². The van der Waals surface area contributed by atoms with Crippen LogP contribution in [0.15, 0.2) is 72.9 Å². The molecule has 2 aromatic heterocycles. The molecule has 0 radical (unpaired) electrons. The summed E-state index contributed by atoms with van der Waals surface area (Å²) in [5.74, 6) is 1.50. The van der Waals surface area contributed by atoms with Crippen molar-refractivity contribution in [3.05, 3.63) is 95.7 Å². The number of aromatic nitrogens is 3. The molecule has 3 heterocycles. The monoisotopic (exact) mass is 414 g/mol. The van der Waals surface area contributed by atoms with Crippen molar-refractivity contribution in [3.8, 4) is 0 Å². The molecule has 158 valence electrons. The Balaban J connectivity index is 1.29. The van der Waals surface area contributed by atoms with E-state index in [9.17, 15) is 4.39 Å². The first-order valence-electron chi connectivity index (χ1n) is 11.1. The third-order valence-electron chi connectivity index (χ3n) is 6.28. The standard InChI is InChI=1S/C26H27FN4/c27-23-10-8-22(9-11-23)19-31-24-7-4-14-28-26(24)29-25(31)17-20-12-15-30(16-13-20)18-21-5-2-1-3-6-21/h1-11,14,20H,12-13,15-19H2. The summed E-state index contributed by atoms with van der Waals surface area (Å²) < 4.78 is 15.6. The van der Waals surface area contributed by atoms with Crippen molar-refractivity contribution in [2.24, 2.45) is 5.92 Å². The summed E-state index contributed by atoms with van der Waals surface area (Å²) in [6.07, 6.45) is 5.11. The van der Waals surface area contributed by atoms with Crippen LogP contribution in [0.25, 0.3) is 11.2 Å².